The number of hydrogen-bond donors (Lipinski definition) is 0. The first kappa shape index (κ1) is 25.8. The highest BCUT2D eigenvalue weighted by molar-refractivity contribution is 5.67. The number of halogens is 3. The topological polar surface area (TPSA) is 99.3 Å². The van der Waals surface area contributed by atoms with Crippen molar-refractivity contribution < 1.29 is 27.4 Å². The molecule has 0 amide bonds. The van der Waals surface area contributed by atoms with Crippen LogP contribution < -0.4 is 19.9 Å². The number of nitrogens with zero attached hydrogens (tertiary/aromatic N) is 4. The van der Waals surface area contributed by atoms with E-state index in [-0.39, 0.29) is 29.5 Å². The summed E-state index contributed by atoms with van der Waals surface area (Å²) in [7, 11) is 1.60. The predicted molar refractivity (Wildman–Crippen MR) is 134 cm³/mol. The summed E-state index contributed by atoms with van der Waals surface area (Å²) in [5.74, 6) is 0.896. The molecular formula is C28H21F3N4O4. The van der Waals surface area contributed by atoms with Gasteiger partial charge in [0.25, 0.3) is 0 Å². The van der Waals surface area contributed by atoms with Crippen molar-refractivity contribution >= 4 is 0 Å². The molecule has 4 aromatic rings. The van der Waals surface area contributed by atoms with E-state index >= 15 is 0 Å². The largest absolute Gasteiger partial charge is 0.497 e. The molecule has 11 heteroatoms. The van der Waals surface area contributed by atoms with Crippen molar-refractivity contribution in [1.29, 1.82) is 5.26 Å². The van der Waals surface area contributed by atoms with Crippen molar-refractivity contribution in [3.05, 3.63) is 93.7 Å². The van der Waals surface area contributed by atoms with Crippen LogP contribution in [0, 0.1) is 11.3 Å². The molecule has 0 saturated carbocycles. The average Bonchev–Trinajstić information content (AvgIpc) is 2.93. The fourth-order valence-corrected chi connectivity index (χ4v) is 4.32. The van der Waals surface area contributed by atoms with Gasteiger partial charge in [0.2, 0.25) is 5.88 Å². The highest BCUT2D eigenvalue weighted by Gasteiger charge is 2.31. The predicted octanol–water partition coefficient (Wildman–Crippen LogP) is 5.17. The fraction of sp³-hybridized carbons (Fsp3) is 0.214. The van der Waals surface area contributed by atoms with E-state index in [2.05, 4.69) is 9.97 Å². The molecular weight excluding hydrogens is 513 g/mol. The summed E-state index contributed by atoms with van der Waals surface area (Å²) in [5, 5.41) is 9.55. The highest BCUT2D eigenvalue weighted by Crippen LogP contribution is 2.34. The first-order valence-electron chi connectivity index (χ1n) is 11.9. The monoisotopic (exact) mass is 534 g/mol. The Bertz CT molecular complexity index is 1640. The number of ether oxygens (including phenoxy) is 3. The first-order valence-corrected chi connectivity index (χ1v) is 11.9. The van der Waals surface area contributed by atoms with Gasteiger partial charge in [-0.15, -0.1) is 0 Å². The lowest BCUT2D eigenvalue weighted by atomic mass is 9.97. The minimum atomic E-state index is -4.57. The molecule has 0 aliphatic carbocycles. The van der Waals surface area contributed by atoms with Crippen LogP contribution in [0.2, 0.25) is 0 Å². The summed E-state index contributed by atoms with van der Waals surface area (Å²) in [6.45, 7) is 0.678. The number of hydrogen-bond acceptors (Lipinski definition) is 7. The number of fused-ring (bicyclic) bond motifs is 3. The zero-order valence-corrected chi connectivity index (χ0v) is 20.7. The Kier molecular flexibility index (Phi) is 6.94. The Morgan fingerprint density at radius 2 is 1.92 bits per heavy atom. The van der Waals surface area contributed by atoms with E-state index in [1.165, 1.54) is 6.07 Å². The van der Waals surface area contributed by atoms with Crippen molar-refractivity contribution in [3.63, 3.8) is 0 Å². The summed E-state index contributed by atoms with van der Waals surface area (Å²) >= 11 is 0. The van der Waals surface area contributed by atoms with Gasteiger partial charge in [-0.3, -0.25) is 9.55 Å². The van der Waals surface area contributed by atoms with Crippen LogP contribution in [-0.2, 0) is 25.6 Å². The smallest absolute Gasteiger partial charge is 0.418 e. The number of benzene rings is 2. The maximum Gasteiger partial charge on any atom is 0.418 e. The maximum absolute atomic E-state index is 13.0. The van der Waals surface area contributed by atoms with Crippen LogP contribution in [-0.4, -0.2) is 28.3 Å². The fourth-order valence-electron chi connectivity index (χ4n) is 4.32. The minimum absolute atomic E-state index is 0.1000. The minimum Gasteiger partial charge on any atom is -0.497 e. The molecule has 1 aliphatic rings. The van der Waals surface area contributed by atoms with Crippen molar-refractivity contribution in [2.75, 3.05) is 13.7 Å². The number of nitriles is 1. The maximum atomic E-state index is 13.0. The van der Waals surface area contributed by atoms with Crippen LogP contribution in [0.4, 0.5) is 13.2 Å². The molecule has 3 heterocycles. The van der Waals surface area contributed by atoms with Gasteiger partial charge < -0.3 is 14.2 Å². The number of rotatable bonds is 7. The lowest BCUT2D eigenvalue weighted by Crippen LogP contribution is -2.28. The van der Waals surface area contributed by atoms with Crippen LogP contribution in [0.15, 0.2) is 65.7 Å². The van der Waals surface area contributed by atoms with Gasteiger partial charge in [-0.1, -0.05) is 6.07 Å². The molecule has 2 aromatic heterocycles. The van der Waals surface area contributed by atoms with Gasteiger partial charge in [-0.2, -0.15) is 23.4 Å². The van der Waals surface area contributed by atoms with Gasteiger partial charge in [0, 0.05) is 30.8 Å². The van der Waals surface area contributed by atoms with Gasteiger partial charge in [0.15, 0.2) is 0 Å². The van der Waals surface area contributed by atoms with Crippen molar-refractivity contribution in [2.45, 2.75) is 25.6 Å². The van der Waals surface area contributed by atoms with E-state index in [1.807, 2.05) is 24.3 Å². The van der Waals surface area contributed by atoms with E-state index < -0.39 is 17.4 Å². The molecule has 198 valence electrons. The quantitative estimate of drug-likeness (QED) is 0.322. The Labute approximate surface area is 220 Å². The van der Waals surface area contributed by atoms with Crippen LogP contribution in [0.25, 0.3) is 11.3 Å². The average molecular weight is 534 g/mol. The summed E-state index contributed by atoms with van der Waals surface area (Å²) in [4.78, 5) is 20.2. The lowest BCUT2D eigenvalue weighted by Gasteiger charge is -2.22. The SMILES string of the molecule is COc1ccc2c(c1)CCn1c-2cc(OCCc2ccc(Oc3cncc(C(F)(F)F)c3)c(C#N)c2)nc1=O. The molecule has 0 atom stereocenters. The standard InChI is InChI=1S/C28H21F3N4O4/c1-37-21-3-4-23-18(11-21)6-8-35-24(23)13-26(34-27(35)36)38-9-7-17-2-5-25(19(10-17)14-32)39-22-12-20(15-33-16-22)28(29,30)31/h2-5,10-13,15-16H,6-9H2,1H3. The zero-order valence-electron chi connectivity index (χ0n) is 20.7. The molecule has 2 aromatic carbocycles. The molecule has 0 N–H and O–H groups in total. The Balaban J connectivity index is 1.28. The van der Waals surface area contributed by atoms with Gasteiger partial charge in [0.1, 0.15) is 23.3 Å². The van der Waals surface area contributed by atoms with E-state index in [0.29, 0.717) is 31.3 Å². The Morgan fingerprint density at radius 3 is 2.69 bits per heavy atom. The third-order valence-electron chi connectivity index (χ3n) is 6.25. The molecule has 0 bridgehead atoms. The second kappa shape index (κ2) is 10.5. The number of methoxy groups -OCH3 is 1. The van der Waals surface area contributed by atoms with Crippen LogP contribution in [0.5, 0.6) is 23.1 Å². The number of aromatic nitrogens is 3. The third kappa shape index (κ3) is 5.55. The van der Waals surface area contributed by atoms with E-state index in [1.54, 1.807) is 29.9 Å². The van der Waals surface area contributed by atoms with Gasteiger partial charge >= 0.3 is 11.9 Å². The lowest BCUT2D eigenvalue weighted by molar-refractivity contribution is -0.137. The summed E-state index contributed by atoms with van der Waals surface area (Å²) in [6.07, 6.45) is -1.66. The molecule has 1 aliphatic heterocycles. The number of pyridine rings is 1. The number of aryl methyl sites for hydroxylation is 1. The van der Waals surface area contributed by atoms with Crippen molar-refractivity contribution in [1.82, 2.24) is 14.5 Å². The van der Waals surface area contributed by atoms with Gasteiger partial charge in [-0.05, 0) is 53.9 Å². The molecule has 0 spiro atoms. The summed E-state index contributed by atoms with van der Waals surface area (Å²) in [5.41, 5.74) is 2.21. The molecule has 39 heavy (non-hydrogen) atoms. The molecule has 0 fully saturated rings. The molecule has 0 unspecified atom stereocenters. The third-order valence-corrected chi connectivity index (χ3v) is 6.25. The molecule has 0 radical (unpaired) electrons. The summed E-state index contributed by atoms with van der Waals surface area (Å²) in [6, 6.07) is 15.0. The van der Waals surface area contributed by atoms with E-state index in [9.17, 15) is 23.2 Å². The Morgan fingerprint density at radius 1 is 1.08 bits per heavy atom. The number of alkyl halides is 3. The second-order valence-electron chi connectivity index (χ2n) is 8.74. The molecule has 8 nitrogen and oxygen atoms in total. The van der Waals surface area contributed by atoms with E-state index in [4.69, 9.17) is 14.2 Å². The van der Waals surface area contributed by atoms with Crippen molar-refractivity contribution in [2.24, 2.45) is 0 Å². The van der Waals surface area contributed by atoms with Crippen molar-refractivity contribution in [3.8, 4) is 40.5 Å². The highest BCUT2D eigenvalue weighted by atomic mass is 19.4. The molecule has 5 rings (SSSR count). The Hall–Kier alpha value is -4.85. The van der Waals surface area contributed by atoms with Gasteiger partial charge in [0.05, 0.1) is 36.7 Å². The zero-order chi connectivity index (χ0) is 27.6. The van der Waals surface area contributed by atoms with Gasteiger partial charge in [-0.25, -0.2) is 4.79 Å². The second-order valence-corrected chi connectivity index (χ2v) is 8.74. The normalized spacial score (nSPS) is 12.2. The van der Waals surface area contributed by atoms with Crippen LogP contribution in [0.1, 0.15) is 22.3 Å². The first-order chi connectivity index (χ1) is 18.7. The summed E-state index contributed by atoms with van der Waals surface area (Å²) < 4.78 is 57.1. The van der Waals surface area contributed by atoms with Crippen LogP contribution >= 0.6 is 0 Å². The van der Waals surface area contributed by atoms with Crippen LogP contribution in [0.3, 0.4) is 0 Å². The van der Waals surface area contributed by atoms with E-state index in [0.717, 1.165) is 34.7 Å². The molecule has 0 saturated heterocycles.